The van der Waals surface area contributed by atoms with E-state index in [2.05, 4.69) is 16.3 Å². The van der Waals surface area contributed by atoms with Gasteiger partial charge in [-0.15, -0.1) is 10.2 Å². The van der Waals surface area contributed by atoms with Crippen LogP contribution < -0.4 is 0 Å². The maximum absolute atomic E-state index is 11.5. The Bertz CT molecular complexity index is 840. The molecule has 0 aliphatic carbocycles. The zero-order valence-corrected chi connectivity index (χ0v) is 13.9. The molecule has 0 bridgehead atoms. The van der Waals surface area contributed by atoms with Crippen molar-refractivity contribution in [3.63, 3.8) is 0 Å². The summed E-state index contributed by atoms with van der Waals surface area (Å²) < 4.78 is 28.5. The van der Waals surface area contributed by atoms with Crippen molar-refractivity contribution in [2.75, 3.05) is 11.5 Å². The highest BCUT2D eigenvalue weighted by atomic mass is 32.2. The summed E-state index contributed by atoms with van der Waals surface area (Å²) in [4.78, 5) is 0. The first-order chi connectivity index (χ1) is 11.1. The van der Waals surface area contributed by atoms with Gasteiger partial charge < -0.3 is 4.42 Å². The van der Waals surface area contributed by atoms with Gasteiger partial charge in [-0.2, -0.15) is 5.26 Å². The maximum Gasteiger partial charge on any atom is 0.276 e. The van der Waals surface area contributed by atoms with Crippen molar-refractivity contribution in [2.24, 2.45) is 5.92 Å². The lowest BCUT2D eigenvalue weighted by atomic mass is 10.1. The number of aromatic nitrogens is 2. The van der Waals surface area contributed by atoms with Crippen LogP contribution in [-0.2, 0) is 22.0 Å². The van der Waals surface area contributed by atoms with E-state index in [9.17, 15) is 8.42 Å². The number of thioether (sulfide) groups is 1. The molecule has 8 heteroatoms. The summed E-state index contributed by atoms with van der Waals surface area (Å²) >= 11 is 1.37. The molecule has 0 spiro atoms. The predicted molar refractivity (Wildman–Crippen MR) is 85.5 cm³/mol. The van der Waals surface area contributed by atoms with Crippen molar-refractivity contribution in [3.05, 3.63) is 41.3 Å². The van der Waals surface area contributed by atoms with Crippen molar-refractivity contribution >= 4 is 21.6 Å². The van der Waals surface area contributed by atoms with Gasteiger partial charge in [0, 0.05) is 12.2 Å². The highest BCUT2D eigenvalue weighted by Crippen LogP contribution is 2.26. The molecule has 1 atom stereocenters. The summed E-state index contributed by atoms with van der Waals surface area (Å²) in [6.07, 6.45) is 1.16. The van der Waals surface area contributed by atoms with Gasteiger partial charge in [0.05, 0.1) is 23.1 Å². The van der Waals surface area contributed by atoms with E-state index in [0.717, 1.165) is 5.56 Å². The Kier molecular flexibility index (Phi) is 4.68. The first-order valence-corrected chi connectivity index (χ1v) is 10.00. The first-order valence-electron chi connectivity index (χ1n) is 7.19. The van der Waals surface area contributed by atoms with Crippen LogP contribution in [0.4, 0.5) is 0 Å². The molecule has 1 aromatic heterocycles. The Hall–Kier alpha value is -1.85. The SMILES string of the molecule is N#Cc1ccccc1CSc1nnc(CC2CCS(=O)(=O)C2)o1. The summed E-state index contributed by atoms with van der Waals surface area (Å²) in [5.41, 5.74) is 1.55. The fourth-order valence-corrected chi connectivity index (χ4v) is 5.20. The highest BCUT2D eigenvalue weighted by molar-refractivity contribution is 7.98. The molecule has 0 N–H and O–H groups in total. The molecule has 23 heavy (non-hydrogen) atoms. The lowest BCUT2D eigenvalue weighted by molar-refractivity contribution is 0.389. The maximum atomic E-state index is 11.5. The van der Waals surface area contributed by atoms with Gasteiger partial charge in [0.25, 0.3) is 5.22 Å². The van der Waals surface area contributed by atoms with Crippen LogP contribution in [0.2, 0.25) is 0 Å². The van der Waals surface area contributed by atoms with E-state index < -0.39 is 9.84 Å². The van der Waals surface area contributed by atoms with Gasteiger partial charge in [-0.3, -0.25) is 0 Å². The van der Waals surface area contributed by atoms with Crippen LogP contribution in [0.5, 0.6) is 0 Å². The van der Waals surface area contributed by atoms with Crippen molar-refractivity contribution in [1.29, 1.82) is 5.26 Å². The Balaban J connectivity index is 1.59. The fourth-order valence-electron chi connectivity index (χ4n) is 2.55. The molecule has 1 aliphatic rings. The van der Waals surface area contributed by atoms with E-state index in [4.69, 9.17) is 9.68 Å². The number of rotatable bonds is 5. The van der Waals surface area contributed by atoms with Crippen LogP contribution in [0, 0.1) is 17.2 Å². The van der Waals surface area contributed by atoms with Gasteiger partial charge in [-0.25, -0.2) is 8.42 Å². The molecule has 6 nitrogen and oxygen atoms in total. The Morgan fingerprint density at radius 2 is 2.17 bits per heavy atom. The van der Waals surface area contributed by atoms with Gasteiger partial charge in [0.15, 0.2) is 9.84 Å². The summed E-state index contributed by atoms with van der Waals surface area (Å²) in [5, 5.41) is 17.5. The first kappa shape index (κ1) is 16.0. The van der Waals surface area contributed by atoms with Crippen molar-refractivity contribution in [1.82, 2.24) is 10.2 Å². The lowest BCUT2D eigenvalue weighted by Crippen LogP contribution is -2.07. The number of hydrogen-bond acceptors (Lipinski definition) is 7. The minimum Gasteiger partial charge on any atom is -0.416 e. The van der Waals surface area contributed by atoms with Crippen molar-refractivity contribution < 1.29 is 12.8 Å². The Morgan fingerprint density at radius 1 is 1.35 bits per heavy atom. The topological polar surface area (TPSA) is 96.9 Å². The third kappa shape index (κ3) is 4.12. The Morgan fingerprint density at radius 3 is 2.91 bits per heavy atom. The van der Waals surface area contributed by atoms with Gasteiger partial charge in [0.2, 0.25) is 5.89 Å². The number of nitriles is 1. The van der Waals surface area contributed by atoms with E-state index in [1.807, 2.05) is 18.2 Å². The monoisotopic (exact) mass is 349 g/mol. The average Bonchev–Trinajstić information content (AvgIpc) is 3.12. The summed E-state index contributed by atoms with van der Waals surface area (Å²) in [6.45, 7) is 0. The number of sulfone groups is 1. The van der Waals surface area contributed by atoms with Crippen LogP contribution >= 0.6 is 11.8 Å². The molecule has 0 amide bonds. The molecule has 1 aliphatic heterocycles. The molecule has 1 aromatic carbocycles. The largest absolute Gasteiger partial charge is 0.416 e. The molecular formula is C15H15N3O3S2. The normalized spacial score (nSPS) is 19.5. The van der Waals surface area contributed by atoms with Gasteiger partial charge >= 0.3 is 0 Å². The zero-order chi connectivity index (χ0) is 16.3. The van der Waals surface area contributed by atoms with Crippen molar-refractivity contribution in [2.45, 2.75) is 23.8 Å². The molecule has 3 rings (SSSR count). The van der Waals surface area contributed by atoms with Crippen LogP contribution in [0.1, 0.15) is 23.4 Å². The minimum atomic E-state index is -2.89. The zero-order valence-electron chi connectivity index (χ0n) is 12.3. The molecule has 0 radical (unpaired) electrons. The number of nitrogens with zero attached hydrogens (tertiary/aromatic N) is 3. The molecule has 1 unspecified atom stereocenters. The summed E-state index contributed by atoms with van der Waals surface area (Å²) in [6, 6.07) is 9.54. The fraction of sp³-hybridized carbons (Fsp3) is 0.400. The van der Waals surface area contributed by atoms with E-state index >= 15 is 0 Å². The summed E-state index contributed by atoms with van der Waals surface area (Å²) in [7, 11) is -2.89. The van der Waals surface area contributed by atoms with E-state index in [-0.39, 0.29) is 17.4 Å². The van der Waals surface area contributed by atoms with Crippen LogP contribution in [0.3, 0.4) is 0 Å². The van der Waals surface area contributed by atoms with E-state index in [0.29, 0.717) is 35.3 Å². The molecular weight excluding hydrogens is 334 g/mol. The second-order valence-corrected chi connectivity index (χ2v) is 8.65. The summed E-state index contributed by atoms with van der Waals surface area (Å²) in [5.74, 6) is 1.57. The molecule has 2 aromatic rings. The average molecular weight is 349 g/mol. The van der Waals surface area contributed by atoms with Crippen molar-refractivity contribution in [3.8, 4) is 6.07 Å². The second-order valence-electron chi connectivity index (χ2n) is 5.49. The highest BCUT2D eigenvalue weighted by Gasteiger charge is 2.29. The lowest BCUT2D eigenvalue weighted by Gasteiger charge is -2.02. The van der Waals surface area contributed by atoms with E-state index in [1.165, 1.54) is 11.8 Å². The second kappa shape index (κ2) is 6.72. The molecule has 120 valence electrons. The Labute approximate surface area is 138 Å². The standard InChI is InChI=1S/C15H15N3O3S2/c16-8-12-3-1-2-4-13(12)9-22-15-18-17-14(21-15)7-11-5-6-23(19,20)10-11/h1-4,11H,5-7,9-10H2. The van der Waals surface area contributed by atoms with Crippen LogP contribution in [-0.4, -0.2) is 30.1 Å². The number of hydrogen-bond donors (Lipinski definition) is 0. The van der Waals surface area contributed by atoms with E-state index in [1.54, 1.807) is 6.07 Å². The van der Waals surface area contributed by atoms with Crippen LogP contribution in [0.15, 0.2) is 33.9 Å². The molecule has 1 saturated heterocycles. The minimum absolute atomic E-state index is 0.0672. The number of benzene rings is 1. The van der Waals surface area contributed by atoms with Gasteiger partial charge in [0.1, 0.15) is 0 Å². The third-order valence-electron chi connectivity index (χ3n) is 3.73. The van der Waals surface area contributed by atoms with Gasteiger partial charge in [-0.1, -0.05) is 30.0 Å². The molecule has 0 saturated carbocycles. The third-order valence-corrected chi connectivity index (χ3v) is 6.43. The predicted octanol–water partition coefficient (Wildman–Crippen LogP) is 2.21. The molecule has 1 fully saturated rings. The van der Waals surface area contributed by atoms with Gasteiger partial charge in [-0.05, 0) is 24.0 Å². The quantitative estimate of drug-likeness (QED) is 0.763. The molecule has 2 heterocycles. The smallest absolute Gasteiger partial charge is 0.276 e. The van der Waals surface area contributed by atoms with Crippen LogP contribution in [0.25, 0.3) is 0 Å².